The van der Waals surface area contributed by atoms with Crippen molar-refractivity contribution in [3.8, 4) is 0 Å². The van der Waals surface area contributed by atoms with E-state index in [2.05, 4.69) is 0 Å². The van der Waals surface area contributed by atoms with E-state index in [1.54, 1.807) is 6.92 Å². The van der Waals surface area contributed by atoms with E-state index in [4.69, 9.17) is 9.47 Å². The summed E-state index contributed by atoms with van der Waals surface area (Å²) in [6.07, 6.45) is 3.11. The summed E-state index contributed by atoms with van der Waals surface area (Å²) >= 11 is 0. The highest BCUT2D eigenvalue weighted by molar-refractivity contribution is 5.79. The summed E-state index contributed by atoms with van der Waals surface area (Å²) in [6, 6.07) is 0. The highest BCUT2D eigenvalue weighted by Gasteiger charge is 2.41. The number of ether oxygens (including phenoxy) is 2. The van der Waals surface area contributed by atoms with E-state index in [1.165, 1.54) is 0 Å². The maximum absolute atomic E-state index is 12.6. The molecule has 3 aliphatic heterocycles. The van der Waals surface area contributed by atoms with Crippen molar-refractivity contribution in [3.63, 3.8) is 0 Å². The summed E-state index contributed by atoms with van der Waals surface area (Å²) in [5, 5.41) is 0. The summed E-state index contributed by atoms with van der Waals surface area (Å²) in [7, 11) is 0. The first kappa shape index (κ1) is 14.8. The Morgan fingerprint density at radius 3 is 2.05 bits per heavy atom. The van der Waals surface area contributed by atoms with Gasteiger partial charge in [0.1, 0.15) is 0 Å². The Balaban J connectivity index is 1.49. The van der Waals surface area contributed by atoms with Crippen molar-refractivity contribution < 1.29 is 19.1 Å². The molecule has 0 saturated carbocycles. The molecular formula is C15H24N2O4. The van der Waals surface area contributed by atoms with E-state index in [9.17, 15) is 9.59 Å². The quantitative estimate of drug-likeness (QED) is 0.711. The molecule has 0 aromatic carbocycles. The van der Waals surface area contributed by atoms with Crippen LogP contribution in [0.5, 0.6) is 0 Å². The van der Waals surface area contributed by atoms with Gasteiger partial charge in [-0.15, -0.1) is 0 Å². The van der Waals surface area contributed by atoms with Crippen LogP contribution in [0.1, 0.15) is 32.6 Å². The van der Waals surface area contributed by atoms with Crippen LogP contribution in [0.4, 0.5) is 0 Å². The van der Waals surface area contributed by atoms with Gasteiger partial charge in [0, 0.05) is 51.9 Å². The lowest BCUT2D eigenvalue weighted by atomic mass is 9.93. The third kappa shape index (κ3) is 3.06. The van der Waals surface area contributed by atoms with Gasteiger partial charge in [-0.05, 0) is 12.8 Å². The fraction of sp³-hybridized carbons (Fsp3) is 0.867. The molecule has 21 heavy (non-hydrogen) atoms. The average molecular weight is 296 g/mol. The lowest BCUT2D eigenvalue weighted by molar-refractivity contribution is -0.188. The zero-order valence-corrected chi connectivity index (χ0v) is 12.7. The van der Waals surface area contributed by atoms with E-state index in [0.717, 1.165) is 25.7 Å². The smallest absolute Gasteiger partial charge is 0.225 e. The van der Waals surface area contributed by atoms with Crippen LogP contribution in [0.15, 0.2) is 0 Å². The molecule has 0 aromatic heterocycles. The van der Waals surface area contributed by atoms with Crippen LogP contribution in [-0.4, -0.2) is 66.8 Å². The maximum atomic E-state index is 12.6. The van der Waals surface area contributed by atoms with Crippen LogP contribution < -0.4 is 0 Å². The summed E-state index contributed by atoms with van der Waals surface area (Å²) in [6.45, 7) is 5.76. The van der Waals surface area contributed by atoms with Gasteiger partial charge in [-0.1, -0.05) is 0 Å². The molecule has 1 spiro atoms. The van der Waals surface area contributed by atoms with Crippen LogP contribution in [0, 0.1) is 5.92 Å². The number of nitrogens with zero attached hydrogens (tertiary/aromatic N) is 2. The number of carbonyl (C=O) groups excluding carboxylic acids is 2. The monoisotopic (exact) mass is 296 g/mol. The third-order valence-electron chi connectivity index (χ3n) is 4.94. The van der Waals surface area contributed by atoms with Gasteiger partial charge in [0.25, 0.3) is 0 Å². The van der Waals surface area contributed by atoms with E-state index in [0.29, 0.717) is 39.4 Å². The molecule has 0 atom stereocenters. The minimum absolute atomic E-state index is 0.0695. The molecule has 0 bridgehead atoms. The van der Waals surface area contributed by atoms with Gasteiger partial charge < -0.3 is 19.3 Å². The second kappa shape index (κ2) is 5.93. The van der Waals surface area contributed by atoms with Gasteiger partial charge >= 0.3 is 0 Å². The molecular weight excluding hydrogens is 272 g/mol. The summed E-state index contributed by atoms with van der Waals surface area (Å²) in [5.41, 5.74) is 0. The number of rotatable bonds is 1. The Labute approximate surface area is 125 Å². The molecule has 118 valence electrons. The fourth-order valence-electron chi connectivity index (χ4n) is 3.55. The zero-order valence-electron chi connectivity index (χ0n) is 12.7. The summed E-state index contributed by atoms with van der Waals surface area (Å²) in [5.74, 6) is -0.00291. The molecule has 6 nitrogen and oxygen atoms in total. The molecule has 3 saturated heterocycles. The summed E-state index contributed by atoms with van der Waals surface area (Å²) < 4.78 is 11.4. The second-order valence-corrected chi connectivity index (χ2v) is 6.21. The van der Waals surface area contributed by atoms with Crippen molar-refractivity contribution in [1.82, 2.24) is 9.80 Å². The normalized spacial score (nSPS) is 26.3. The number of amides is 2. The predicted molar refractivity (Wildman–Crippen MR) is 75.4 cm³/mol. The molecule has 3 rings (SSSR count). The van der Waals surface area contributed by atoms with Crippen LogP contribution in [0.3, 0.4) is 0 Å². The molecule has 0 unspecified atom stereocenters. The van der Waals surface area contributed by atoms with Gasteiger partial charge in [0.15, 0.2) is 5.79 Å². The van der Waals surface area contributed by atoms with Crippen molar-refractivity contribution in [3.05, 3.63) is 0 Å². The first-order valence-electron chi connectivity index (χ1n) is 7.92. The van der Waals surface area contributed by atoms with Gasteiger partial charge in [0.05, 0.1) is 13.2 Å². The topological polar surface area (TPSA) is 59.1 Å². The first-order chi connectivity index (χ1) is 10.1. The molecule has 3 heterocycles. The Morgan fingerprint density at radius 2 is 1.52 bits per heavy atom. The SMILES string of the molecule is CC(=O)N1CCC(C(=O)N2CCC3(CC2)OCCO3)CC1. The van der Waals surface area contributed by atoms with Crippen molar-refractivity contribution in [2.24, 2.45) is 5.92 Å². The average Bonchev–Trinajstić information content (AvgIpc) is 2.96. The first-order valence-corrected chi connectivity index (χ1v) is 7.92. The highest BCUT2D eigenvalue weighted by atomic mass is 16.7. The van der Waals surface area contributed by atoms with E-state index < -0.39 is 5.79 Å². The van der Waals surface area contributed by atoms with E-state index >= 15 is 0 Å². The predicted octanol–water partition coefficient (Wildman–Crippen LogP) is 0.610. The van der Waals surface area contributed by atoms with Crippen molar-refractivity contribution in [2.45, 2.75) is 38.4 Å². The van der Waals surface area contributed by atoms with E-state index in [-0.39, 0.29) is 17.7 Å². The summed E-state index contributed by atoms with van der Waals surface area (Å²) in [4.78, 5) is 27.7. The Bertz CT molecular complexity index is 402. The number of piperidine rings is 2. The zero-order chi connectivity index (χ0) is 14.9. The number of hydrogen-bond donors (Lipinski definition) is 0. The molecule has 3 aliphatic rings. The number of likely N-dealkylation sites (tertiary alicyclic amines) is 2. The third-order valence-corrected chi connectivity index (χ3v) is 4.94. The minimum Gasteiger partial charge on any atom is -0.347 e. The molecule has 0 radical (unpaired) electrons. The van der Waals surface area contributed by atoms with Gasteiger partial charge in [0.2, 0.25) is 11.8 Å². The largest absolute Gasteiger partial charge is 0.347 e. The van der Waals surface area contributed by atoms with Crippen LogP contribution >= 0.6 is 0 Å². The number of hydrogen-bond acceptors (Lipinski definition) is 4. The highest BCUT2D eigenvalue weighted by Crippen LogP contribution is 2.32. The van der Waals surface area contributed by atoms with E-state index in [1.807, 2.05) is 9.80 Å². The molecule has 0 aromatic rings. The standard InChI is InChI=1S/C15H24N2O4/c1-12(18)16-6-2-13(3-7-16)14(19)17-8-4-15(5-9-17)20-10-11-21-15/h13H,2-11H2,1H3. The van der Waals surface area contributed by atoms with Crippen molar-refractivity contribution in [1.29, 1.82) is 0 Å². The molecule has 3 fully saturated rings. The molecule has 6 heteroatoms. The van der Waals surface area contributed by atoms with Crippen molar-refractivity contribution in [2.75, 3.05) is 39.4 Å². The lowest BCUT2D eigenvalue weighted by Gasteiger charge is -2.40. The molecule has 0 aliphatic carbocycles. The lowest BCUT2D eigenvalue weighted by Crippen LogP contribution is -2.50. The van der Waals surface area contributed by atoms with Crippen LogP contribution in [-0.2, 0) is 19.1 Å². The Kier molecular flexibility index (Phi) is 4.17. The fourth-order valence-corrected chi connectivity index (χ4v) is 3.55. The van der Waals surface area contributed by atoms with Crippen LogP contribution in [0.25, 0.3) is 0 Å². The van der Waals surface area contributed by atoms with Gasteiger partial charge in [-0.3, -0.25) is 9.59 Å². The Morgan fingerprint density at radius 1 is 0.952 bits per heavy atom. The second-order valence-electron chi connectivity index (χ2n) is 6.21. The Hall–Kier alpha value is -1.14. The van der Waals surface area contributed by atoms with Crippen LogP contribution in [0.2, 0.25) is 0 Å². The van der Waals surface area contributed by atoms with Gasteiger partial charge in [-0.2, -0.15) is 0 Å². The maximum Gasteiger partial charge on any atom is 0.225 e. The molecule has 0 N–H and O–H groups in total. The minimum atomic E-state index is -0.422. The van der Waals surface area contributed by atoms with Gasteiger partial charge in [-0.25, -0.2) is 0 Å². The van der Waals surface area contributed by atoms with Crippen molar-refractivity contribution >= 4 is 11.8 Å². The molecule has 2 amide bonds. The number of carbonyl (C=O) groups is 2.